The van der Waals surface area contributed by atoms with Gasteiger partial charge in [-0.25, -0.2) is 4.98 Å². The highest BCUT2D eigenvalue weighted by atomic mass is 32.2. The van der Waals surface area contributed by atoms with E-state index in [0.29, 0.717) is 5.75 Å². The van der Waals surface area contributed by atoms with E-state index >= 15 is 0 Å². The maximum atomic E-state index is 12.2. The summed E-state index contributed by atoms with van der Waals surface area (Å²) in [5, 5.41) is 11.6. The Bertz CT molecular complexity index is 1230. The van der Waals surface area contributed by atoms with Crippen molar-refractivity contribution in [1.29, 1.82) is 0 Å². The Morgan fingerprint density at radius 1 is 1.31 bits per heavy atom. The summed E-state index contributed by atoms with van der Waals surface area (Å²) in [6.07, 6.45) is 6.68. The summed E-state index contributed by atoms with van der Waals surface area (Å²) in [7, 11) is 2.01. The molecule has 0 amide bonds. The fourth-order valence-electron chi connectivity index (χ4n) is 3.81. The van der Waals surface area contributed by atoms with Crippen LogP contribution >= 0.6 is 34.4 Å². The number of thiophene rings is 1. The van der Waals surface area contributed by atoms with E-state index in [0.717, 1.165) is 27.6 Å². The van der Waals surface area contributed by atoms with Crippen molar-refractivity contribution in [2.45, 2.75) is 43.5 Å². The number of aromatic nitrogens is 5. The zero-order valence-electron chi connectivity index (χ0n) is 16.3. The molecule has 29 heavy (non-hydrogen) atoms. The molecule has 0 radical (unpaired) electrons. The Morgan fingerprint density at radius 2 is 2.21 bits per heavy atom. The zero-order chi connectivity index (χ0) is 20.0. The van der Waals surface area contributed by atoms with E-state index in [4.69, 9.17) is 0 Å². The molecule has 0 saturated heterocycles. The Labute approximate surface area is 180 Å². The van der Waals surface area contributed by atoms with Crippen molar-refractivity contribution in [3.63, 3.8) is 0 Å². The molecule has 1 aliphatic rings. The van der Waals surface area contributed by atoms with Gasteiger partial charge in [-0.1, -0.05) is 25.1 Å². The topological polar surface area (TPSA) is 65.1 Å². The van der Waals surface area contributed by atoms with Gasteiger partial charge >= 0.3 is 0 Å². The molecule has 1 atom stereocenters. The molecule has 0 fully saturated rings. The number of thioether (sulfide) groups is 1. The molecule has 4 aromatic rings. The van der Waals surface area contributed by atoms with E-state index in [1.807, 2.05) is 23.8 Å². The first-order valence-electron chi connectivity index (χ1n) is 9.72. The number of fused-ring (bicyclic) bond motifs is 2. The van der Waals surface area contributed by atoms with Gasteiger partial charge in [-0.05, 0) is 36.8 Å². The molecular formula is C20H21N5OS3. The SMILES string of the molecule is CC[C@@H]1CCc2sc(-c3nnc(SCc4cc(=O)n5ccsc5n4)n3C)cc2C1. The van der Waals surface area contributed by atoms with E-state index in [2.05, 4.69) is 32.7 Å². The molecule has 4 aromatic heterocycles. The van der Waals surface area contributed by atoms with Crippen LogP contribution in [0.5, 0.6) is 0 Å². The predicted octanol–water partition coefficient (Wildman–Crippen LogP) is 4.42. The number of rotatable bonds is 5. The maximum absolute atomic E-state index is 12.2. The third-order valence-corrected chi connectivity index (χ3v) is 8.57. The number of hydrogen-bond acceptors (Lipinski definition) is 7. The van der Waals surface area contributed by atoms with Gasteiger partial charge in [-0.15, -0.1) is 32.9 Å². The van der Waals surface area contributed by atoms with Crippen LogP contribution in [0.3, 0.4) is 0 Å². The minimum absolute atomic E-state index is 0.0416. The molecule has 0 spiro atoms. The van der Waals surface area contributed by atoms with Gasteiger partial charge in [-0.3, -0.25) is 9.20 Å². The number of aryl methyl sites for hydroxylation is 1. The first-order valence-corrected chi connectivity index (χ1v) is 12.4. The molecule has 0 N–H and O–H groups in total. The van der Waals surface area contributed by atoms with E-state index in [1.165, 1.54) is 52.3 Å². The van der Waals surface area contributed by atoms with Gasteiger partial charge in [-0.2, -0.15) is 0 Å². The number of thiazole rings is 1. The van der Waals surface area contributed by atoms with Gasteiger partial charge in [0, 0.05) is 35.3 Å². The summed E-state index contributed by atoms with van der Waals surface area (Å²) >= 11 is 4.89. The van der Waals surface area contributed by atoms with Gasteiger partial charge in [0.25, 0.3) is 5.56 Å². The smallest absolute Gasteiger partial charge is 0.258 e. The highest BCUT2D eigenvalue weighted by Gasteiger charge is 2.22. The second-order valence-corrected chi connectivity index (χ2v) is 10.3. The summed E-state index contributed by atoms with van der Waals surface area (Å²) in [5.74, 6) is 2.32. The Hall–Kier alpha value is -1.97. The standard InChI is InChI=1S/C20H21N5OS3/c1-3-12-4-5-15-13(8-12)9-16(29-15)18-22-23-20(24(18)2)28-11-14-10-17(26)25-6-7-27-19(25)21-14/h6-7,9-10,12H,3-5,8,11H2,1-2H3/t12-/m1/s1. The average Bonchev–Trinajstić information content (AvgIpc) is 3.43. The second-order valence-electron chi connectivity index (χ2n) is 7.37. The third kappa shape index (κ3) is 3.55. The highest BCUT2D eigenvalue weighted by Crippen LogP contribution is 2.38. The van der Waals surface area contributed by atoms with Gasteiger partial charge in [0.05, 0.1) is 10.6 Å². The van der Waals surface area contributed by atoms with Crippen LogP contribution in [0.1, 0.15) is 35.9 Å². The van der Waals surface area contributed by atoms with Crippen molar-refractivity contribution in [3.8, 4) is 10.7 Å². The summed E-state index contributed by atoms with van der Waals surface area (Å²) < 4.78 is 3.62. The summed E-state index contributed by atoms with van der Waals surface area (Å²) in [5.41, 5.74) is 2.22. The minimum Gasteiger partial charge on any atom is -0.304 e. The molecule has 5 rings (SSSR count). The molecule has 0 aliphatic heterocycles. The molecule has 0 bridgehead atoms. The Balaban J connectivity index is 1.36. The molecule has 6 nitrogen and oxygen atoms in total. The van der Waals surface area contributed by atoms with Gasteiger partial charge in [0.2, 0.25) is 0 Å². The largest absolute Gasteiger partial charge is 0.304 e. The summed E-state index contributed by atoms with van der Waals surface area (Å²) in [4.78, 5) is 20.2. The van der Waals surface area contributed by atoms with Crippen molar-refractivity contribution in [1.82, 2.24) is 24.1 Å². The fourth-order valence-corrected chi connectivity index (χ4v) is 6.58. The molecule has 0 aromatic carbocycles. The van der Waals surface area contributed by atoms with Crippen LogP contribution in [0.2, 0.25) is 0 Å². The monoisotopic (exact) mass is 443 g/mol. The predicted molar refractivity (Wildman–Crippen MR) is 119 cm³/mol. The Kier molecular flexibility index (Phi) is 5.05. The average molecular weight is 444 g/mol. The lowest BCUT2D eigenvalue weighted by Crippen LogP contribution is -2.12. The molecular weight excluding hydrogens is 422 g/mol. The molecule has 0 saturated carbocycles. The van der Waals surface area contributed by atoms with Gasteiger partial charge in [0.15, 0.2) is 15.9 Å². The first-order chi connectivity index (χ1) is 14.1. The normalized spacial score (nSPS) is 16.4. The number of nitrogens with zero attached hydrogens (tertiary/aromatic N) is 5. The van der Waals surface area contributed by atoms with E-state index in [1.54, 1.807) is 28.4 Å². The molecule has 0 unspecified atom stereocenters. The van der Waals surface area contributed by atoms with Crippen LogP contribution in [0.4, 0.5) is 0 Å². The molecule has 150 valence electrons. The molecule has 4 heterocycles. The third-order valence-electron chi connectivity index (χ3n) is 5.52. The number of hydrogen-bond donors (Lipinski definition) is 0. The highest BCUT2D eigenvalue weighted by molar-refractivity contribution is 7.98. The molecule has 9 heteroatoms. The van der Waals surface area contributed by atoms with Crippen LogP contribution in [0.15, 0.2) is 33.7 Å². The van der Waals surface area contributed by atoms with Crippen molar-refractivity contribution in [3.05, 3.63) is 50.2 Å². The summed E-state index contributed by atoms with van der Waals surface area (Å²) in [6.45, 7) is 2.29. The Morgan fingerprint density at radius 3 is 3.07 bits per heavy atom. The van der Waals surface area contributed by atoms with E-state index < -0.39 is 0 Å². The second kappa shape index (κ2) is 7.70. The van der Waals surface area contributed by atoms with Crippen molar-refractivity contribution in [2.24, 2.45) is 13.0 Å². The van der Waals surface area contributed by atoms with Gasteiger partial charge < -0.3 is 4.57 Å². The zero-order valence-corrected chi connectivity index (χ0v) is 18.7. The van der Waals surface area contributed by atoms with Crippen LogP contribution < -0.4 is 5.56 Å². The quantitative estimate of drug-likeness (QED) is 0.427. The van der Waals surface area contributed by atoms with Crippen molar-refractivity contribution < 1.29 is 0 Å². The van der Waals surface area contributed by atoms with Crippen LogP contribution in [-0.4, -0.2) is 24.1 Å². The summed E-state index contributed by atoms with van der Waals surface area (Å²) in [6, 6.07) is 3.91. The first kappa shape index (κ1) is 19.0. The maximum Gasteiger partial charge on any atom is 0.258 e. The lowest BCUT2D eigenvalue weighted by Gasteiger charge is -2.19. The van der Waals surface area contributed by atoms with E-state index in [9.17, 15) is 4.79 Å². The van der Waals surface area contributed by atoms with E-state index in [-0.39, 0.29) is 5.56 Å². The van der Waals surface area contributed by atoms with Crippen LogP contribution in [0, 0.1) is 5.92 Å². The molecule has 1 aliphatic carbocycles. The van der Waals surface area contributed by atoms with Crippen LogP contribution in [-0.2, 0) is 25.6 Å². The van der Waals surface area contributed by atoms with Crippen molar-refractivity contribution in [2.75, 3.05) is 0 Å². The minimum atomic E-state index is -0.0416. The lowest BCUT2D eigenvalue weighted by molar-refractivity contribution is 0.449. The van der Waals surface area contributed by atoms with Crippen molar-refractivity contribution >= 4 is 39.4 Å². The lowest BCUT2D eigenvalue weighted by atomic mass is 9.87. The fraction of sp³-hybridized carbons (Fsp3) is 0.400. The van der Waals surface area contributed by atoms with Gasteiger partial charge in [0.1, 0.15) is 0 Å². The van der Waals surface area contributed by atoms with Crippen LogP contribution in [0.25, 0.3) is 15.7 Å².